The zero-order chi connectivity index (χ0) is 20.3. The molecule has 0 saturated carbocycles. The number of ether oxygens (including phenoxy) is 1. The molecule has 144 valence electrons. The van der Waals surface area contributed by atoms with Crippen LogP contribution in [0.3, 0.4) is 0 Å². The van der Waals surface area contributed by atoms with Crippen molar-refractivity contribution < 1.29 is 9.53 Å². The lowest BCUT2D eigenvalue weighted by Gasteiger charge is -2.10. The number of hydrogen-bond donors (Lipinski definition) is 2. The Morgan fingerprint density at radius 3 is 2.64 bits per heavy atom. The fourth-order valence-corrected chi connectivity index (χ4v) is 2.67. The molecule has 0 saturated heterocycles. The summed E-state index contributed by atoms with van der Waals surface area (Å²) in [5.74, 6) is 0.518. The minimum absolute atomic E-state index is 0.259. The molecule has 0 spiro atoms. The topological polar surface area (TPSA) is 107 Å². The number of carbonyl (C=O) groups excluding carboxylic acids is 1. The maximum atomic E-state index is 11.4. The van der Waals surface area contributed by atoms with Gasteiger partial charge in [-0.1, -0.05) is 23.2 Å². The van der Waals surface area contributed by atoms with Crippen LogP contribution in [0.5, 0.6) is 5.75 Å². The van der Waals surface area contributed by atoms with Gasteiger partial charge in [0, 0.05) is 25.3 Å². The lowest BCUT2D eigenvalue weighted by Crippen LogP contribution is -2.06. The van der Waals surface area contributed by atoms with Crippen molar-refractivity contribution in [2.75, 3.05) is 18.2 Å². The number of nitrogen functional groups attached to an aromatic ring is 1. The van der Waals surface area contributed by atoms with Gasteiger partial charge in [0.2, 0.25) is 5.91 Å². The second-order valence-corrected chi connectivity index (χ2v) is 6.52. The Kier molecular flexibility index (Phi) is 5.81. The van der Waals surface area contributed by atoms with E-state index in [0.29, 0.717) is 38.7 Å². The highest BCUT2D eigenvalue weighted by molar-refractivity contribution is 6.42. The molecule has 3 N–H and O–H groups in total. The van der Waals surface area contributed by atoms with Gasteiger partial charge in [-0.25, -0.2) is 4.68 Å². The first kappa shape index (κ1) is 19.7. The number of azo groups is 1. The molecule has 0 aliphatic heterocycles. The molecule has 1 amide bonds. The Bertz CT molecular complexity index is 1060. The second kappa shape index (κ2) is 8.28. The summed E-state index contributed by atoms with van der Waals surface area (Å²) in [4.78, 5) is 11.4. The first-order chi connectivity index (χ1) is 13.4. The number of rotatable bonds is 5. The van der Waals surface area contributed by atoms with Gasteiger partial charge in [0.05, 0.1) is 34.2 Å². The number of halogens is 2. The molecule has 1 aromatic heterocycles. The normalized spacial score (nSPS) is 11.0. The average molecular weight is 419 g/mol. The number of nitrogens with zero attached hydrogens (tertiary/aromatic N) is 4. The Morgan fingerprint density at radius 1 is 1.18 bits per heavy atom. The minimum atomic E-state index is -0.259. The molecular weight excluding hydrogens is 403 g/mol. The van der Waals surface area contributed by atoms with Crippen molar-refractivity contribution in [3.63, 3.8) is 0 Å². The lowest BCUT2D eigenvalue weighted by atomic mass is 10.2. The van der Waals surface area contributed by atoms with E-state index in [1.807, 2.05) is 0 Å². The molecule has 0 bridgehead atoms. The summed E-state index contributed by atoms with van der Waals surface area (Å²) >= 11 is 12.0. The number of hydrogen-bond acceptors (Lipinski definition) is 6. The first-order valence-corrected chi connectivity index (χ1v) is 8.81. The van der Waals surface area contributed by atoms with Crippen LogP contribution in [-0.2, 0) is 4.79 Å². The van der Waals surface area contributed by atoms with Crippen molar-refractivity contribution >= 4 is 52.0 Å². The molecule has 3 aromatic rings. The number of nitrogens with two attached hydrogens (primary N) is 1. The van der Waals surface area contributed by atoms with Crippen molar-refractivity contribution in [1.29, 1.82) is 0 Å². The van der Waals surface area contributed by atoms with Crippen molar-refractivity contribution in [3.8, 4) is 11.4 Å². The van der Waals surface area contributed by atoms with Gasteiger partial charge in [-0.3, -0.25) is 4.79 Å². The van der Waals surface area contributed by atoms with Gasteiger partial charge < -0.3 is 15.8 Å². The van der Waals surface area contributed by atoms with E-state index in [9.17, 15) is 4.79 Å². The maximum Gasteiger partial charge on any atom is 0.221 e. The Hall–Kier alpha value is -3.10. The number of aromatic nitrogens is 2. The number of carbonyl (C=O) groups is 1. The quantitative estimate of drug-likeness (QED) is 0.441. The molecule has 8 nitrogen and oxygen atoms in total. The zero-order valence-corrected chi connectivity index (χ0v) is 16.5. The third-order valence-electron chi connectivity index (χ3n) is 3.66. The lowest BCUT2D eigenvalue weighted by molar-refractivity contribution is -0.114. The molecule has 0 unspecified atom stereocenters. The van der Waals surface area contributed by atoms with Gasteiger partial charge in [0.1, 0.15) is 11.4 Å². The number of anilines is 2. The minimum Gasteiger partial charge on any atom is -0.495 e. The molecule has 10 heteroatoms. The summed E-state index contributed by atoms with van der Waals surface area (Å²) in [6, 6.07) is 9.98. The van der Waals surface area contributed by atoms with E-state index in [4.69, 9.17) is 33.7 Å². The van der Waals surface area contributed by atoms with E-state index in [0.717, 1.165) is 5.69 Å². The standard InChI is InChI=1S/C18H16Cl2N6O2/c1-10(27)22-15-8-14(21)17(28-2)9-16(15)23-24-18-5-6-26(25-18)11-3-4-12(19)13(20)7-11/h3-9H,21H2,1-2H3,(H,22,27). The van der Waals surface area contributed by atoms with Gasteiger partial charge in [0.25, 0.3) is 0 Å². The monoisotopic (exact) mass is 418 g/mol. The fourth-order valence-electron chi connectivity index (χ4n) is 2.38. The van der Waals surface area contributed by atoms with E-state index >= 15 is 0 Å². The number of amides is 1. The molecule has 0 aliphatic carbocycles. The van der Waals surface area contributed by atoms with E-state index in [-0.39, 0.29) is 5.91 Å². The van der Waals surface area contributed by atoms with Crippen LogP contribution in [0.1, 0.15) is 6.92 Å². The number of methoxy groups -OCH3 is 1. The Balaban J connectivity index is 1.90. The van der Waals surface area contributed by atoms with Crippen LogP contribution in [0, 0.1) is 0 Å². The summed E-state index contributed by atoms with van der Waals surface area (Å²) in [5, 5.41) is 16.2. The number of benzene rings is 2. The highest BCUT2D eigenvalue weighted by Gasteiger charge is 2.10. The first-order valence-electron chi connectivity index (χ1n) is 8.05. The smallest absolute Gasteiger partial charge is 0.221 e. The number of nitrogens with one attached hydrogen (secondary N) is 1. The molecule has 28 heavy (non-hydrogen) atoms. The van der Waals surface area contributed by atoms with Gasteiger partial charge in [-0.15, -0.1) is 15.3 Å². The highest BCUT2D eigenvalue weighted by Crippen LogP contribution is 2.36. The second-order valence-electron chi connectivity index (χ2n) is 5.71. The average Bonchev–Trinajstić information content (AvgIpc) is 3.12. The predicted octanol–water partition coefficient (Wildman–Crippen LogP) is 5.14. The third-order valence-corrected chi connectivity index (χ3v) is 4.40. The SMILES string of the molecule is COc1cc(N=Nc2ccn(-c3ccc(Cl)c(Cl)c3)n2)c(NC(C)=O)cc1N. The van der Waals surface area contributed by atoms with Gasteiger partial charge in [-0.2, -0.15) is 0 Å². The Morgan fingerprint density at radius 2 is 1.96 bits per heavy atom. The fraction of sp³-hybridized carbons (Fsp3) is 0.111. The molecule has 0 aliphatic rings. The zero-order valence-electron chi connectivity index (χ0n) is 15.0. The van der Waals surface area contributed by atoms with Crippen LogP contribution >= 0.6 is 23.2 Å². The van der Waals surface area contributed by atoms with E-state index in [2.05, 4.69) is 20.6 Å². The summed E-state index contributed by atoms with van der Waals surface area (Å²) < 4.78 is 6.79. The van der Waals surface area contributed by atoms with Crippen LogP contribution in [0.2, 0.25) is 10.0 Å². The van der Waals surface area contributed by atoms with Crippen LogP contribution in [0.25, 0.3) is 5.69 Å². The molecule has 2 aromatic carbocycles. The summed E-state index contributed by atoms with van der Waals surface area (Å²) in [7, 11) is 1.49. The van der Waals surface area contributed by atoms with Crippen molar-refractivity contribution in [1.82, 2.24) is 9.78 Å². The van der Waals surface area contributed by atoms with Crippen LogP contribution < -0.4 is 15.8 Å². The van der Waals surface area contributed by atoms with Crippen LogP contribution in [0.15, 0.2) is 52.8 Å². The molecule has 3 rings (SSSR count). The van der Waals surface area contributed by atoms with Crippen molar-refractivity contribution in [3.05, 3.63) is 52.6 Å². The summed E-state index contributed by atoms with van der Waals surface area (Å²) in [5.41, 5.74) is 7.78. The molecule has 1 heterocycles. The predicted molar refractivity (Wildman–Crippen MR) is 109 cm³/mol. The van der Waals surface area contributed by atoms with Crippen LogP contribution in [0.4, 0.5) is 22.9 Å². The van der Waals surface area contributed by atoms with E-state index in [1.165, 1.54) is 14.0 Å². The Labute approximate surface area is 170 Å². The van der Waals surface area contributed by atoms with Gasteiger partial charge >= 0.3 is 0 Å². The van der Waals surface area contributed by atoms with Crippen molar-refractivity contribution in [2.45, 2.75) is 6.92 Å². The largest absolute Gasteiger partial charge is 0.495 e. The third kappa shape index (κ3) is 4.41. The highest BCUT2D eigenvalue weighted by atomic mass is 35.5. The summed E-state index contributed by atoms with van der Waals surface area (Å²) in [6.07, 6.45) is 1.71. The van der Waals surface area contributed by atoms with Gasteiger partial charge in [-0.05, 0) is 24.3 Å². The van der Waals surface area contributed by atoms with E-state index in [1.54, 1.807) is 47.3 Å². The molecule has 0 radical (unpaired) electrons. The van der Waals surface area contributed by atoms with E-state index < -0.39 is 0 Å². The maximum absolute atomic E-state index is 11.4. The summed E-state index contributed by atoms with van der Waals surface area (Å²) in [6.45, 7) is 1.39. The molecule has 0 fully saturated rings. The molecular formula is C18H16Cl2N6O2. The molecule has 0 atom stereocenters. The van der Waals surface area contributed by atoms with Gasteiger partial charge in [0.15, 0.2) is 5.82 Å². The van der Waals surface area contributed by atoms with Crippen molar-refractivity contribution in [2.24, 2.45) is 10.2 Å². The van der Waals surface area contributed by atoms with Crippen LogP contribution in [-0.4, -0.2) is 22.8 Å².